The van der Waals surface area contributed by atoms with Gasteiger partial charge in [-0.15, -0.1) is 0 Å². The molecule has 1 atom stereocenters. The highest BCUT2D eigenvalue weighted by Gasteiger charge is 2.23. The van der Waals surface area contributed by atoms with Crippen LogP contribution in [0.15, 0.2) is 30.5 Å². The number of fused-ring (bicyclic) bond motifs is 1. The maximum atomic E-state index is 9.70. The molecule has 2 N–H and O–H groups in total. The zero-order valence-corrected chi connectivity index (χ0v) is 11.3. The van der Waals surface area contributed by atoms with Crippen molar-refractivity contribution in [1.82, 2.24) is 4.98 Å². The first-order chi connectivity index (χ1) is 9.15. The average molecular weight is 254 g/mol. The molecule has 1 aromatic carbocycles. The predicted octanol–water partition coefficient (Wildman–Crippen LogP) is 3.50. The van der Waals surface area contributed by atoms with Crippen LogP contribution in [0.2, 0.25) is 0 Å². The largest absolute Gasteiger partial charge is 0.508 e. The van der Waals surface area contributed by atoms with Gasteiger partial charge < -0.3 is 10.4 Å². The fourth-order valence-corrected chi connectivity index (χ4v) is 2.70. The van der Waals surface area contributed by atoms with Gasteiger partial charge in [-0.1, -0.05) is 6.07 Å². The number of benzene rings is 1. The molecule has 1 unspecified atom stereocenters. The molecule has 0 radical (unpaired) electrons. The molecule has 1 aliphatic carbocycles. The Bertz CT molecular complexity index is 622. The van der Waals surface area contributed by atoms with Crippen molar-refractivity contribution in [1.29, 1.82) is 0 Å². The van der Waals surface area contributed by atoms with Crippen molar-refractivity contribution in [2.24, 2.45) is 0 Å². The van der Waals surface area contributed by atoms with Gasteiger partial charge in [-0.25, -0.2) is 0 Å². The van der Waals surface area contributed by atoms with Gasteiger partial charge in [-0.3, -0.25) is 4.98 Å². The lowest BCUT2D eigenvalue weighted by Gasteiger charge is -2.17. The van der Waals surface area contributed by atoms with Crippen LogP contribution in [0.3, 0.4) is 0 Å². The molecule has 0 saturated carbocycles. The predicted molar refractivity (Wildman–Crippen MR) is 76.5 cm³/mol. The van der Waals surface area contributed by atoms with Crippen molar-refractivity contribution in [3.05, 3.63) is 52.8 Å². The van der Waals surface area contributed by atoms with Gasteiger partial charge in [0.05, 0.1) is 11.7 Å². The van der Waals surface area contributed by atoms with E-state index in [0.29, 0.717) is 5.75 Å². The second kappa shape index (κ2) is 4.57. The maximum Gasteiger partial charge on any atom is 0.118 e. The van der Waals surface area contributed by atoms with Gasteiger partial charge in [0.1, 0.15) is 5.75 Å². The Kier molecular flexibility index (Phi) is 2.90. The van der Waals surface area contributed by atoms with Gasteiger partial charge in [0, 0.05) is 11.9 Å². The molecule has 0 spiro atoms. The molecule has 1 aromatic heterocycles. The highest BCUT2D eigenvalue weighted by atomic mass is 16.3. The minimum absolute atomic E-state index is 0.277. The van der Waals surface area contributed by atoms with Crippen molar-refractivity contribution in [2.45, 2.75) is 32.7 Å². The summed E-state index contributed by atoms with van der Waals surface area (Å²) in [7, 11) is 0. The molecule has 3 rings (SSSR count). The van der Waals surface area contributed by atoms with Gasteiger partial charge in [0.15, 0.2) is 0 Å². The highest BCUT2D eigenvalue weighted by molar-refractivity contribution is 5.58. The Morgan fingerprint density at radius 1 is 1.26 bits per heavy atom. The number of hydrogen-bond acceptors (Lipinski definition) is 3. The number of rotatable bonds is 2. The topological polar surface area (TPSA) is 45.2 Å². The molecule has 0 fully saturated rings. The van der Waals surface area contributed by atoms with Crippen LogP contribution in [0.5, 0.6) is 5.75 Å². The van der Waals surface area contributed by atoms with Crippen molar-refractivity contribution < 1.29 is 5.11 Å². The summed E-state index contributed by atoms with van der Waals surface area (Å²) < 4.78 is 0. The molecule has 3 heteroatoms. The number of pyridine rings is 1. The van der Waals surface area contributed by atoms with Gasteiger partial charge in [-0.05, 0) is 61.6 Å². The van der Waals surface area contributed by atoms with Crippen LogP contribution < -0.4 is 5.32 Å². The SMILES string of the molecule is Cc1cc(NC2CCc3cccnc32)c(C)cc1O. The number of anilines is 1. The van der Waals surface area contributed by atoms with Crippen molar-refractivity contribution in [2.75, 3.05) is 5.32 Å². The summed E-state index contributed by atoms with van der Waals surface area (Å²) in [4.78, 5) is 4.49. The molecule has 1 heterocycles. The summed E-state index contributed by atoms with van der Waals surface area (Å²) in [5.74, 6) is 0.355. The lowest BCUT2D eigenvalue weighted by molar-refractivity contribution is 0.470. The van der Waals surface area contributed by atoms with Gasteiger partial charge in [0.25, 0.3) is 0 Å². The molecule has 19 heavy (non-hydrogen) atoms. The minimum Gasteiger partial charge on any atom is -0.508 e. The van der Waals surface area contributed by atoms with Crippen LogP contribution in [-0.2, 0) is 6.42 Å². The number of aromatic hydroxyl groups is 1. The zero-order chi connectivity index (χ0) is 13.4. The number of aromatic nitrogens is 1. The quantitative estimate of drug-likeness (QED) is 0.806. The van der Waals surface area contributed by atoms with Crippen LogP contribution in [-0.4, -0.2) is 10.1 Å². The highest BCUT2D eigenvalue weighted by Crippen LogP contribution is 2.34. The van der Waals surface area contributed by atoms with E-state index in [1.807, 2.05) is 38.2 Å². The lowest BCUT2D eigenvalue weighted by Crippen LogP contribution is -2.09. The molecule has 98 valence electrons. The lowest BCUT2D eigenvalue weighted by atomic mass is 10.1. The third-order valence-corrected chi connectivity index (χ3v) is 3.83. The number of aryl methyl sites for hydroxylation is 3. The van der Waals surface area contributed by atoms with E-state index in [1.165, 1.54) is 5.56 Å². The Labute approximate surface area is 113 Å². The fraction of sp³-hybridized carbons (Fsp3) is 0.312. The van der Waals surface area contributed by atoms with Crippen LogP contribution in [0, 0.1) is 13.8 Å². The normalized spacial score (nSPS) is 17.3. The van der Waals surface area contributed by atoms with E-state index in [4.69, 9.17) is 0 Å². The summed E-state index contributed by atoms with van der Waals surface area (Å²) in [6, 6.07) is 8.24. The smallest absolute Gasteiger partial charge is 0.118 e. The first-order valence-corrected chi connectivity index (χ1v) is 6.65. The summed E-state index contributed by atoms with van der Waals surface area (Å²) in [6.07, 6.45) is 4.01. The summed E-state index contributed by atoms with van der Waals surface area (Å²) in [5, 5.41) is 13.3. The second-order valence-corrected chi connectivity index (χ2v) is 5.24. The fourth-order valence-electron chi connectivity index (χ4n) is 2.70. The molecule has 0 aliphatic heterocycles. The monoisotopic (exact) mass is 254 g/mol. The van der Waals surface area contributed by atoms with Crippen molar-refractivity contribution in [3.8, 4) is 5.75 Å². The summed E-state index contributed by atoms with van der Waals surface area (Å²) in [5.41, 5.74) is 5.54. The molecule has 0 amide bonds. The first-order valence-electron chi connectivity index (χ1n) is 6.65. The van der Waals surface area contributed by atoms with Gasteiger partial charge in [0.2, 0.25) is 0 Å². The van der Waals surface area contributed by atoms with Crippen LogP contribution >= 0.6 is 0 Å². The van der Waals surface area contributed by atoms with Crippen molar-refractivity contribution in [3.63, 3.8) is 0 Å². The van der Waals surface area contributed by atoms with Crippen molar-refractivity contribution >= 4 is 5.69 Å². The summed E-state index contributed by atoms with van der Waals surface area (Å²) >= 11 is 0. The van der Waals surface area contributed by atoms with Crippen LogP contribution in [0.4, 0.5) is 5.69 Å². The van der Waals surface area contributed by atoms with E-state index in [0.717, 1.165) is 35.3 Å². The van der Waals surface area contributed by atoms with E-state index in [2.05, 4.69) is 16.4 Å². The molecule has 0 bridgehead atoms. The molecule has 3 nitrogen and oxygen atoms in total. The van der Waals surface area contributed by atoms with E-state index < -0.39 is 0 Å². The third kappa shape index (κ3) is 2.16. The van der Waals surface area contributed by atoms with Gasteiger partial charge >= 0.3 is 0 Å². The number of nitrogens with zero attached hydrogens (tertiary/aromatic N) is 1. The Morgan fingerprint density at radius 2 is 2.11 bits per heavy atom. The first kappa shape index (κ1) is 12.0. The van der Waals surface area contributed by atoms with E-state index in [-0.39, 0.29) is 6.04 Å². The van der Waals surface area contributed by atoms with E-state index in [9.17, 15) is 5.11 Å². The number of phenols is 1. The Morgan fingerprint density at radius 3 is 2.95 bits per heavy atom. The molecular weight excluding hydrogens is 236 g/mol. The maximum absolute atomic E-state index is 9.70. The Hall–Kier alpha value is -2.03. The summed E-state index contributed by atoms with van der Waals surface area (Å²) in [6.45, 7) is 3.93. The molecule has 2 aromatic rings. The third-order valence-electron chi connectivity index (χ3n) is 3.83. The molecular formula is C16H18N2O. The van der Waals surface area contributed by atoms with Crippen LogP contribution in [0.1, 0.15) is 34.8 Å². The number of nitrogens with one attached hydrogen (secondary N) is 1. The van der Waals surface area contributed by atoms with Gasteiger partial charge in [-0.2, -0.15) is 0 Å². The standard InChI is InChI=1S/C16H18N2O/c1-10-9-15(19)11(2)8-14(10)18-13-6-5-12-4-3-7-17-16(12)13/h3-4,7-9,13,18-19H,5-6H2,1-2H3. The second-order valence-electron chi connectivity index (χ2n) is 5.24. The van der Waals surface area contributed by atoms with E-state index >= 15 is 0 Å². The number of phenolic OH excluding ortho intramolecular Hbond substituents is 1. The van der Waals surface area contributed by atoms with E-state index in [1.54, 1.807) is 0 Å². The Balaban J connectivity index is 1.89. The van der Waals surface area contributed by atoms with Crippen LogP contribution in [0.25, 0.3) is 0 Å². The number of hydrogen-bond donors (Lipinski definition) is 2. The molecule has 1 aliphatic rings. The zero-order valence-electron chi connectivity index (χ0n) is 11.3. The average Bonchev–Trinajstić information content (AvgIpc) is 2.80. The molecule has 0 saturated heterocycles. The minimum atomic E-state index is 0.277.